The van der Waals surface area contributed by atoms with Gasteiger partial charge in [-0.15, -0.1) is 0 Å². The molecule has 150 valence electrons. The molecule has 2 aromatic rings. The third-order valence-electron chi connectivity index (χ3n) is 3.56. The lowest BCUT2D eigenvalue weighted by atomic mass is 10.2. The number of sulfonamides is 1. The molecular weight excluding hydrogens is 427 g/mol. The summed E-state index contributed by atoms with van der Waals surface area (Å²) in [7, 11) is -3.77. The third-order valence-corrected chi connectivity index (χ3v) is 5.32. The molecule has 0 aliphatic carbocycles. The van der Waals surface area contributed by atoms with Crippen molar-refractivity contribution in [2.75, 3.05) is 29.0 Å². The van der Waals surface area contributed by atoms with E-state index in [1.54, 1.807) is 19.1 Å². The van der Waals surface area contributed by atoms with Crippen LogP contribution in [0.5, 0.6) is 0 Å². The first-order valence-corrected chi connectivity index (χ1v) is 10.7. The highest BCUT2D eigenvalue weighted by molar-refractivity contribution is 7.92. The number of carbonyl (C=O) groups excluding carboxylic acids is 2. The summed E-state index contributed by atoms with van der Waals surface area (Å²) in [5.41, 5.74) is 0.650. The molecule has 0 spiro atoms. The van der Waals surface area contributed by atoms with Crippen molar-refractivity contribution in [3.8, 4) is 0 Å². The zero-order chi connectivity index (χ0) is 20.9. The summed E-state index contributed by atoms with van der Waals surface area (Å²) in [6, 6.07) is 10.5. The predicted octanol–water partition coefficient (Wildman–Crippen LogP) is 3.57. The summed E-state index contributed by atoms with van der Waals surface area (Å²) in [4.78, 5) is 24.1. The molecule has 0 atom stereocenters. The van der Waals surface area contributed by atoms with Crippen LogP contribution in [0.2, 0.25) is 10.0 Å². The molecule has 0 saturated heterocycles. The maximum absolute atomic E-state index is 12.4. The van der Waals surface area contributed by atoms with Gasteiger partial charge in [0.25, 0.3) is 0 Å². The second-order valence-corrected chi connectivity index (χ2v) is 8.41. The summed E-state index contributed by atoms with van der Waals surface area (Å²) in [6.07, 6.45) is 0.977. The number of benzene rings is 2. The van der Waals surface area contributed by atoms with Gasteiger partial charge in [0, 0.05) is 0 Å². The Balaban J connectivity index is 2.20. The Morgan fingerprint density at radius 2 is 1.79 bits per heavy atom. The number of para-hydroxylation sites is 1. The quantitative estimate of drug-likeness (QED) is 0.658. The van der Waals surface area contributed by atoms with E-state index in [4.69, 9.17) is 27.9 Å². The van der Waals surface area contributed by atoms with Crippen LogP contribution in [0.4, 0.5) is 11.4 Å². The highest BCUT2D eigenvalue weighted by Crippen LogP contribution is 2.28. The van der Waals surface area contributed by atoms with Gasteiger partial charge >= 0.3 is 5.97 Å². The molecule has 0 aliphatic rings. The van der Waals surface area contributed by atoms with Crippen LogP contribution < -0.4 is 9.62 Å². The van der Waals surface area contributed by atoms with Gasteiger partial charge in [0.1, 0.15) is 6.54 Å². The first-order valence-electron chi connectivity index (χ1n) is 8.12. The Morgan fingerprint density at radius 3 is 2.36 bits per heavy atom. The van der Waals surface area contributed by atoms with Gasteiger partial charge in [0.15, 0.2) is 0 Å². The number of ether oxygens (including phenoxy) is 1. The van der Waals surface area contributed by atoms with Crippen molar-refractivity contribution < 1.29 is 22.7 Å². The van der Waals surface area contributed by atoms with Crippen molar-refractivity contribution in [1.82, 2.24) is 0 Å². The molecule has 0 heterocycles. The van der Waals surface area contributed by atoms with E-state index in [1.807, 2.05) is 0 Å². The number of rotatable bonds is 7. The zero-order valence-electron chi connectivity index (χ0n) is 15.1. The number of carbonyl (C=O) groups is 2. The lowest BCUT2D eigenvalue weighted by Crippen LogP contribution is -2.37. The molecule has 0 radical (unpaired) electrons. The molecule has 0 aliphatic heterocycles. The predicted molar refractivity (Wildman–Crippen MR) is 110 cm³/mol. The second-order valence-electron chi connectivity index (χ2n) is 5.68. The highest BCUT2D eigenvalue weighted by atomic mass is 35.5. The minimum Gasteiger partial charge on any atom is -0.462 e. The number of hydrogen-bond donors (Lipinski definition) is 1. The van der Waals surface area contributed by atoms with E-state index in [-0.39, 0.29) is 33.6 Å². The molecule has 2 aromatic carbocycles. The number of anilines is 2. The Kier molecular flexibility index (Phi) is 7.29. The number of amides is 1. The fourth-order valence-electron chi connectivity index (χ4n) is 2.31. The van der Waals surface area contributed by atoms with Gasteiger partial charge in [-0.1, -0.05) is 35.3 Å². The fourth-order valence-corrected chi connectivity index (χ4v) is 3.70. The van der Waals surface area contributed by atoms with E-state index in [9.17, 15) is 18.0 Å². The van der Waals surface area contributed by atoms with E-state index in [0.717, 1.165) is 10.6 Å². The van der Waals surface area contributed by atoms with Crippen molar-refractivity contribution in [3.05, 3.63) is 58.1 Å². The van der Waals surface area contributed by atoms with E-state index in [2.05, 4.69) is 5.32 Å². The molecular formula is C18H18Cl2N2O5S. The van der Waals surface area contributed by atoms with Gasteiger partial charge in [0.05, 0.1) is 39.8 Å². The lowest BCUT2D eigenvalue weighted by molar-refractivity contribution is -0.114. The van der Waals surface area contributed by atoms with Gasteiger partial charge in [0.2, 0.25) is 15.9 Å². The Bertz CT molecular complexity index is 995. The van der Waals surface area contributed by atoms with Crippen LogP contribution >= 0.6 is 23.2 Å². The topological polar surface area (TPSA) is 92.8 Å². The van der Waals surface area contributed by atoms with E-state index in [1.165, 1.54) is 30.3 Å². The molecule has 10 heteroatoms. The minimum absolute atomic E-state index is 0.113. The van der Waals surface area contributed by atoms with Gasteiger partial charge in [-0.25, -0.2) is 13.2 Å². The molecule has 2 rings (SSSR count). The average Bonchev–Trinajstić information content (AvgIpc) is 2.61. The Morgan fingerprint density at radius 1 is 1.11 bits per heavy atom. The van der Waals surface area contributed by atoms with Crippen molar-refractivity contribution in [2.24, 2.45) is 0 Å². The molecule has 0 fully saturated rings. The maximum atomic E-state index is 12.4. The van der Waals surface area contributed by atoms with E-state index < -0.39 is 28.4 Å². The van der Waals surface area contributed by atoms with Gasteiger partial charge < -0.3 is 10.1 Å². The Labute approximate surface area is 173 Å². The van der Waals surface area contributed by atoms with Crippen LogP contribution in [-0.4, -0.2) is 39.7 Å². The second kappa shape index (κ2) is 9.27. The summed E-state index contributed by atoms with van der Waals surface area (Å²) < 4.78 is 30.0. The summed E-state index contributed by atoms with van der Waals surface area (Å²) in [5.74, 6) is -1.17. The molecule has 1 N–H and O–H groups in total. The van der Waals surface area contributed by atoms with E-state index >= 15 is 0 Å². The Hall–Kier alpha value is -2.29. The zero-order valence-corrected chi connectivity index (χ0v) is 17.4. The van der Waals surface area contributed by atoms with Crippen molar-refractivity contribution in [1.29, 1.82) is 0 Å². The molecule has 0 aromatic heterocycles. The van der Waals surface area contributed by atoms with Crippen LogP contribution in [0, 0.1) is 0 Å². The maximum Gasteiger partial charge on any atom is 0.338 e. The normalized spacial score (nSPS) is 11.0. The molecule has 0 unspecified atom stereocenters. The number of halogens is 2. The van der Waals surface area contributed by atoms with Crippen LogP contribution in [-0.2, 0) is 19.6 Å². The number of esters is 1. The van der Waals surface area contributed by atoms with Crippen LogP contribution in [0.25, 0.3) is 0 Å². The number of hydrogen-bond acceptors (Lipinski definition) is 5. The van der Waals surface area contributed by atoms with Crippen molar-refractivity contribution in [2.45, 2.75) is 6.92 Å². The van der Waals surface area contributed by atoms with Crippen LogP contribution in [0.1, 0.15) is 17.3 Å². The summed E-state index contributed by atoms with van der Waals surface area (Å²) in [6.45, 7) is 1.40. The molecule has 28 heavy (non-hydrogen) atoms. The SMILES string of the molecule is CCOC(=O)c1ccc(NC(=O)CN(c2ccccc2Cl)S(C)(=O)=O)c(Cl)c1. The standard InChI is InChI=1S/C18H18Cl2N2O5S/c1-3-27-18(24)12-8-9-15(14(20)10-12)21-17(23)11-22(28(2,25)26)16-7-5-4-6-13(16)19/h4-10H,3,11H2,1-2H3,(H,21,23). The first-order chi connectivity index (χ1) is 13.1. The van der Waals surface area contributed by atoms with Crippen molar-refractivity contribution in [3.63, 3.8) is 0 Å². The van der Waals surface area contributed by atoms with Gasteiger partial charge in [-0.2, -0.15) is 0 Å². The summed E-state index contributed by atoms with van der Waals surface area (Å²) >= 11 is 12.2. The van der Waals surface area contributed by atoms with Crippen LogP contribution in [0.3, 0.4) is 0 Å². The molecule has 7 nitrogen and oxygen atoms in total. The molecule has 0 saturated carbocycles. The van der Waals surface area contributed by atoms with Crippen LogP contribution in [0.15, 0.2) is 42.5 Å². The average molecular weight is 445 g/mol. The minimum atomic E-state index is -3.77. The molecule has 1 amide bonds. The smallest absolute Gasteiger partial charge is 0.338 e. The van der Waals surface area contributed by atoms with E-state index in [0.29, 0.717) is 0 Å². The molecule has 0 bridgehead atoms. The fraction of sp³-hybridized carbons (Fsp3) is 0.222. The summed E-state index contributed by atoms with van der Waals surface area (Å²) in [5, 5.41) is 2.83. The largest absolute Gasteiger partial charge is 0.462 e. The van der Waals surface area contributed by atoms with Gasteiger partial charge in [-0.05, 0) is 37.3 Å². The monoisotopic (exact) mass is 444 g/mol. The van der Waals surface area contributed by atoms with Crippen molar-refractivity contribution >= 4 is 56.5 Å². The lowest BCUT2D eigenvalue weighted by Gasteiger charge is -2.23. The third kappa shape index (κ3) is 5.60. The number of nitrogens with zero attached hydrogens (tertiary/aromatic N) is 1. The first kappa shape index (κ1) is 22.0. The highest BCUT2D eigenvalue weighted by Gasteiger charge is 2.23. The van der Waals surface area contributed by atoms with Gasteiger partial charge in [-0.3, -0.25) is 9.10 Å². The number of nitrogens with one attached hydrogen (secondary N) is 1.